The molecule has 33 heavy (non-hydrogen) atoms. The van der Waals surface area contributed by atoms with Crippen molar-refractivity contribution >= 4 is 11.4 Å². The first-order valence-corrected chi connectivity index (χ1v) is 11.5. The van der Waals surface area contributed by atoms with Gasteiger partial charge in [0.05, 0.1) is 5.41 Å². The minimum atomic E-state index is -0.367. The van der Waals surface area contributed by atoms with Crippen molar-refractivity contribution in [3.63, 3.8) is 0 Å². The summed E-state index contributed by atoms with van der Waals surface area (Å²) in [6.07, 6.45) is 0. The molecule has 0 atom stereocenters. The molecule has 1 aliphatic rings. The Morgan fingerprint density at radius 1 is 0.485 bits per heavy atom. The molecule has 0 heterocycles. The Kier molecular flexibility index (Phi) is 4.62. The Labute approximate surface area is 195 Å². The summed E-state index contributed by atoms with van der Waals surface area (Å²) < 4.78 is 0. The number of hydrogen-bond donors (Lipinski definition) is 1. The molecule has 5 aromatic carbocycles. The molecule has 0 saturated carbocycles. The van der Waals surface area contributed by atoms with E-state index in [-0.39, 0.29) is 5.41 Å². The maximum atomic E-state index is 3.60. The van der Waals surface area contributed by atoms with Crippen LogP contribution in [0.15, 0.2) is 127 Å². The van der Waals surface area contributed by atoms with E-state index >= 15 is 0 Å². The lowest BCUT2D eigenvalue weighted by molar-refractivity contribution is 0.767. The average molecular weight is 424 g/mol. The zero-order valence-electron chi connectivity index (χ0n) is 18.6. The first-order chi connectivity index (χ1) is 16.3. The summed E-state index contributed by atoms with van der Waals surface area (Å²) in [6.45, 7) is 2.18. The summed E-state index contributed by atoms with van der Waals surface area (Å²) >= 11 is 0. The molecule has 1 heteroatoms. The molecule has 0 bridgehead atoms. The molecule has 0 radical (unpaired) electrons. The Bertz CT molecular complexity index is 1400. The Morgan fingerprint density at radius 2 is 1.03 bits per heavy atom. The number of para-hydroxylation sites is 1. The molecule has 1 N–H and O–H groups in total. The molecular formula is C32H25N. The molecule has 0 aromatic heterocycles. The predicted molar refractivity (Wildman–Crippen MR) is 138 cm³/mol. The lowest BCUT2D eigenvalue weighted by atomic mass is 9.67. The summed E-state index contributed by atoms with van der Waals surface area (Å²) in [5.74, 6) is 0. The number of fused-ring (bicyclic) bond motifs is 3. The van der Waals surface area contributed by atoms with Crippen LogP contribution < -0.4 is 5.32 Å². The van der Waals surface area contributed by atoms with Crippen molar-refractivity contribution in [2.45, 2.75) is 12.3 Å². The second-order valence-corrected chi connectivity index (χ2v) is 8.78. The van der Waals surface area contributed by atoms with Gasteiger partial charge in [-0.1, -0.05) is 109 Å². The Balaban J connectivity index is 1.64. The fourth-order valence-electron chi connectivity index (χ4n) is 5.42. The molecule has 1 nitrogen and oxygen atoms in total. The normalized spacial score (nSPS) is 13.2. The number of benzene rings is 5. The maximum Gasteiger partial charge on any atom is 0.0714 e. The van der Waals surface area contributed by atoms with Gasteiger partial charge in [-0.25, -0.2) is 0 Å². The van der Waals surface area contributed by atoms with Crippen molar-refractivity contribution in [2.24, 2.45) is 0 Å². The highest BCUT2D eigenvalue weighted by atomic mass is 14.9. The third kappa shape index (κ3) is 3.08. The number of rotatable bonds is 4. The van der Waals surface area contributed by atoms with E-state index in [1.165, 1.54) is 38.9 Å². The van der Waals surface area contributed by atoms with Gasteiger partial charge in [-0.15, -0.1) is 0 Å². The third-order valence-corrected chi connectivity index (χ3v) is 6.76. The van der Waals surface area contributed by atoms with Crippen LogP contribution in [0.1, 0.15) is 27.8 Å². The fourth-order valence-corrected chi connectivity index (χ4v) is 5.42. The van der Waals surface area contributed by atoms with Gasteiger partial charge < -0.3 is 5.32 Å². The van der Waals surface area contributed by atoms with Crippen LogP contribution in [0.2, 0.25) is 0 Å². The zero-order chi connectivity index (χ0) is 22.3. The lowest BCUT2D eigenvalue weighted by Gasteiger charge is -2.34. The predicted octanol–water partition coefficient (Wildman–Crippen LogP) is 8.10. The summed E-state index contributed by atoms with van der Waals surface area (Å²) in [5.41, 5.74) is 11.0. The third-order valence-electron chi connectivity index (χ3n) is 6.76. The smallest absolute Gasteiger partial charge is 0.0714 e. The average Bonchev–Trinajstić information content (AvgIpc) is 3.16. The SMILES string of the molecule is Cc1cccc(C2(c3cccc(Nc4ccccc4)c3)c3ccccc3-c3ccccc32)c1. The van der Waals surface area contributed by atoms with Gasteiger partial charge in [-0.2, -0.15) is 0 Å². The number of aryl methyl sites for hydroxylation is 1. The van der Waals surface area contributed by atoms with Crippen LogP contribution in [0.5, 0.6) is 0 Å². The molecule has 5 aromatic rings. The molecular weight excluding hydrogens is 398 g/mol. The number of hydrogen-bond acceptors (Lipinski definition) is 1. The van der Waals surface area contributed by atoms with Crippen molar-refractivity contribution in [3.05, 3.63) is 155 Å². The molecule has 0 unspecified atom stereocenters. The van der Waals surface area contributed by atoms with Gasteiger partial charge >= 0.3 is 0 Å². The van der Waals surface area contributed by atoms with E-state index in [1.54, 1.807) is 0 Å². The highest BCUT2D eigenvalue weighted by molar-refractivity contribution is 5.86. The first kappa shape index (κ1) is 19.6. The summed E-state index contributed by atoms with van der Waals surface area (Å²) in [6, 6.07) is 46.0. The summed E-state index contributed by atoms with van der Waals surface area (Å²) in [7, 11) is 0. The van der Waals surface area contributed by atoms with Gasteiger partial charge in [0.15, 0.2) is 0 Å². The summed E-state index contributed by atoms with van der Waals surface area (Å²) in [4.78, 5) is 0. The summed E-state index contributed by atoms with van der Waals surface area (Å²) in [5, 5.41) is 3.60. The highest BCUT2D eigenvalue weighted by Crippen LogP contribution is 2.56. The first-order valence-electron chi connectivity index (χ1n) is 11.5. The van der Waals surface area contributed by atoms with E-state index in [0.29, 0.717) is 0 Å². The topological polar surface area (TPSA) is 12.0 Å². The van der Waals surface area contributed by atoms with Gasteiger partial charge in [-0.3, -0.25) is 0 Å². The van der Waals surface area contributed by atoms with Gasteiger partial charge in [0.1, 0.15) is 0 Å². The molecule has 0 fully saturated rings. The molecule has 1 aliphatic carbocycles. The van der Waals surface area contributed by atoms with E-state index < -0.39 is 0 Å². The van der Waals surface area contributed by atoms with Crippen LogP contribution >= 0.6 is 0 Å². The second-order valence-electron chi connectivity index (χ2n) is 8.78. The van der Waals surface area contributed by atoms with Crippen molar-refractivity contribution in [1.82, 2.24) is 0 Å². The number of anilines is 2. The van der Waals surface area contributed by atoms with Crippen LogP contribution in [0.25, 0.3) is 11.1 Å². The Morgan fingerprint density at radius 3 is 1.70 bits per heavy atom. The molecule has 0 saturated heterocycles. The second kappa shape index (κ2) is 7.79. The van der Waals surface area contributed by atoms with Crippen molar-refractivity contribution in [3.8, 4) is 11.1 Å². The van der Waals surface area contributed by atoms with Gasteiger partial charge in [0.2, 0.25) is 0 Å². The molecule has 0 spiro atoms. The Hall–Kier alpha value is -4.10. The maximum absolute atomic E-state index is 3.60. The molecule has 158 valence electrons. The quantitative estimate of drug-likeness (QED) is 0.302. The van der Waals surface area contributed by atoms with Gasteiger partial charge in [0, 0.05) is 11.4 Å². The lowest BCUT2D eigenvalue weighted by Crippen LogP contribution is -2.28. The zero-order valence-corrected chi connectivity index (χ0v) is 18.6. The number of nitrogens with one attached hydrogen (secondary N) is 1. The van der Waals surface area contributed by atoms with E-state index in [2.05, 4.69) is 134 Å². The van der Waals surface area contributed by atoms with E-state index in [4.69, 9.17) is 0 Å². The van der Waals surface area contributed by atoms with Crippen molar-refractivity contribution in [1.29, 1.82) is 0 Å². The standard InChI is InChI=1S/C32H25N/c1-23-11-9-12-24(21-23)32(25-13-10-16-27(22-25)33-26-14-3-2-4-15-26)30-19-7-5-17-28(30)29-18-6-8-20-31(29)32/h2-22,33H,1H3. The monoisotopic (exact) mass is 423 g/mol. The minimum Gasteiger partial charge on any atom is -0.356 e. The largest absolute Gasteiger partial charge is 0.356 e. The van der Waals surface area contributed by atoms with E-state index in [0.717, 1.165) is 11.4 Å². The minimum absolute atomic E-state index is 0.367. The van der Waals surface area contributed by atoms with Crippen LogP contribution in [0, 0.1) is 6.92 Å². The van der Waals surface area contributed by atoms with Crippen LogP contribution in [-0.4, -0.2) is 0 Å². The van der Waals surface area contributed by atoms with Crippen LogP contribution in [0.3, 0.4) is 0 Å². The van der Waals surface area contributed by atoms with Crippen LogP contribution in [-0.2, 0) is 5.41 Å². The fraction of sp³-hybridized carbons (Fsp3) is 0.0625. The van der Waals surface area contributed by atoms with Gasteiger partial charge in [0.25, 0.3) is 0 Å². The molecule has 0 aliphatic heterocycles. The van der Waals surface area contributed by atoms with Gasteiger partial charge in [-0.05, 0) is 64.6 Å². The van der Waals surface area contributed by atoms with E-state index in [1.807, 2.05) is 6.07 Å². The molecule has 0 amide bonds. The van der Waals surface area contributed by atoms with E-state index in [9.17, 15) is 0 Å². The molecule has 6 rings (SSSR count). The van der Waals surface area contributed by atoms with Crippen LogP contribution in [0.4, 0.5) is 11.4 Å². The highest BCUT2D eigenvalue weighted by Gasteiger charge is 2.45. The van der Waals surface area contributed by atoms with Crippen molar-refractivity contribution in [2.75, 3.05) is 5.32 Å². The van der Waals surface area contributed by atoms with Crippen molar-refractivity contribution < 1.29 is 0 Å².